The van der Waals surface area contributed by atoms with Crippen LogP contribution in [0.25, 0.3) is 0 Å². The van der Waals surface area contributed by atoms with Gasteiger partial charge in [0.25, 0.3) is 0 Å². The van der Waals surface area contributed by atoms with Crippen molar-refractivity contribution in [3.05, 3.63) is 0 Å². The van der Waals surface area contributed by atoms with Crippen LogP contribution in [0.15, 0.2) is 0 Å². The van der Waals surface area contributed by atoms with Gasteiger partial charge in [-0.05, 0) is 34.6 Å². The minimum atomic E-state index is -0.495. The topological polar surface area (TPSA) is 59.1 Å². The van der Waals surface area contributed by atoms with Crippen LogP contribution < -0.4 is 0 Å². The second-order valence-corrected chi connectivity index (χ2v) is 5.89. The molecule has 1 aliphatic rings. The molecule has 1 saturated heterocycles. The molecule has 1 rings (SSSR count). The standard InChI is InChI=1S/C13H24N2O4/c1-10(2)18-11(16)14-6-8-15(9-7-14)12(17)19-13(3,4)5/h10H,6-9H2,1-5H3. The summed E-state index contributed by atoms with van der Waals surface area (Å²) in [6, 6.07) is 0. The molecule has 1 aliphatic heterocycles. The van der Waals surface area contributed by atoms with Crippen LogP contribution in [0, 0.1) is 0 Å². The van der Waals surface area contributed by atoms with Crippen molar-refractivity contribution in [1.29, 1.82) is 0 Å². The summed E-state index contributed by atoms with van der Waals surface area (Å²) in [6.07, 6.45) is -0.778. The number of amides is 2. The molecule has 0 bridgehead atoms. The van der Waals surface area contributed by atoms with Crippen LogP contribution in [0.4, 0.5) is 9.59 Å². The van der Waals surface area contributed by atoms with Crippen molar-refractivity contribution in [2.75, 3.05) is 26.2 Å². The summed E-state index contributed by atoms with van der Waals surface area (Å²) >= 11 is 0. The molecule has 0 unspecified atom stereocenters. The van der Waals surface area contributed by atoms with Crippen LogP contribution in [0.2, 0.25) is 0 Å². The fourth-order valence-corrected chi connectivity index (χ4v) is 1.67. The first-order valence-electron chi connectivity index (χ1n) is 6.62. The van der Waals surface area contributed by atoms with E-state index in [0.29, 0.717) is 26.2 Å². The molecule has 1 fully saturated rings. The van der Waals surface area contributed by atoms with E-state index in [-0.39, 0.29) is 18.3 Å². The highest BCUT2D eigenvalue weighted by molar-refractivity contribution is 5.70. The van der Waals surface area contributed by atoms with Gasteiger partial charge in [-0.15, -0.1) is 0 Å². The summed E-state index contributed by atoms with van der Waals surface area (Å²) in [6.45, 7) is 11.0. The van der Waals surface area contributed by atoms with Gasteiger partial charge in [0.05, 0.1) is 6.10 Å². The summed E-state index contributed by atoms with van der Waals surface area (Å²) in [7, 11) is 0. The van der Waals surface area contributed by atoms with Crippen molar-refractivity contribution >= 4 is 12.2 Å². The van der Waals surface area contributed by atoms with Crippen molar-refractivity contribution in [3.63, 3.8) is 0 Å². The highest BCUT2D eigenvalue weighted by atomic mass is 16.6. The first-order valence-corrected chi connectivity index (χ1v) is 6.62. The average molecular weight is 272 g/mol. The Labute approximate surface area is 114 Å². The molecule has 0 aliphatic carbocycles. The molecule has 1 heterocycles. The van der Waals surface area contributed by atoms with Gasteiger partial charge in [-0.3, -0.25) is 0 Å². The number of hydrogen-bond acceptors (Lipinski definition) is 4. The summed E-state index contributed by atoms with van der Waals surface area (Å²) in [5.74, 6) is 0. The van der Waals surface area contributed by atoms with Gasteiger partial charge in [0.1, 0.15) is 5.60 Å². The molecule has 0 saturated carbocycles. The second-order valence-electron chi connectivity index (χ2n) is 5.89. The molecule has 2 amide bonds. The summed E-state index contributed by atoms with van der Waals surface area (Å²) in [5.41, 5.74) is -0.495. The number of carbonyl (C=O) groups excluding carboxylic acids is 2. The van der Waals surface area contributed by atoms with E-state index in [0.717, 1.165) is 0 Å². The molecule has 0 aromatic carbocycles. The average Bonchev–Trinajstić information content (AvgIpc) is 2.26. The van der Waals surface area contributed by atoms with E-state index in [9.17, 15) is 9.59 Å². The third-order valence-corrected chi connectivity index (χ3v) is 2.53. The molecule has 0 aromatic rings. The summed E-state index contributed by atoms with van der Waals surface area (Å²) in [5, 5.41) is 0. The monoisotopic (exact) mass is 272 g/mol. The van der Waals surface area contributed by atoms with E-state index >= 15 is 0 Å². The summed E-state index contributed by atoms with van der Waals surface area (Å²) in [4.78, 5) is 26.7. The molecule has 0 aromatic heterocycles. The normalized spacial score (nSPS) is 16.5. The lowest BCUT2D eigenvalue weighted by molar-refractivity contribution is 0.0108. The molecule has 0 atom stereocenters. The minimum absolute atomic E-state index is 0.128. The third-order valence-electron chi connectivity index (χ3n) is 2.53. The predicted octanol–water partition coefficient (Wildman–Crippen LogP) is 2.08. The Morgan fingerprint density at radius 1 is 0.947 bits per heavy atom. The van der Waals surface area contributed by atoms with Crippen molar-refractivity contribution in [2.45, 2.75) is 46.3 Å². The lowest BCUT2D eigenvalue weighted by Gasteiger charge is -2.35. The molecule has 19 heavy (non-hydrogen) atoms. The van der Waals surface area contributed by atoms with Crippen LogP contribution in [0.5, 0.6) is 0 Å². The lowest BCUT2D eigenvalue weighted by atomic mass is 10.2. The Kier molecular flexibility index (Phi) is 5.03. The van der Waals surface area contributed by atoms with E-state index in [2.05, 4.69) is 0 Å². The van der Waals surface area contributed by atoms with E-state index in [1.54, 1.807) is 9.80 Å². The van der Waals surface area contributed by atoms with Crippen molar-refractivity contribution in [1.82, 2.24) is 9.80 Å². The molecule has 110 valence electrons. The van der Waals surface area contributed by atoms with Crippen LogP contribution in [-0.2, 0) is 9.47 Å². The zero-order chi connectivity index (χ0) is 14.6. The number of nitrogens with zero attached hydrogens (tertiary/aromatic N) is 2. The molecule has 6 nitrogen and oxygen atoms in total. The number of ether oxygens (including phenoxy) is 2. The molecular weight excluding hydrogens is 248 g/mol. The first-order chi connectivity index (χ1) is 8.69. The third kappa shape index (κ3) is 5.36. The number of carbonyl (C=O) groups is 2. The largest absolute Gasteiger partial charge is 0.447 e. The molecular formula is C13H24N2O4. The molecule has 0 spiro atoms. The van der Waals surface area contributed by atoms with Gasteiger partial charge in [0, 0.05) is 26.2 Å². The summed E-state index contributed by atoms with van der Waals surface area (Å²) < 4.78 is 10.4. The molecule has 0 N–H and O–H groups in total. The fraction of sp³-hybridized carbons (Fsp3) is 0.846. The van der Waals surface area contributed by atoms with Crippen LogP contribution in [-0.4, -0.2) is 59.9 Å². The zero-order valence-corrected chi connectivity index (χ0v) is 12.4. The highest BCUT2D eigenvalue weighted by Gasteiger charge is 2.28. The Bertz CT molecular complexity index is 328. The molecule has 0 radical (unpaired) electrons. The number of piperazine rings is 1. The van der Waals surface area contributed by atoms with Gasteiger partial charge in [-0.1, -0.05) is 0 Å². The number of hydrogen-bond donors (Lipinski definition) is 0. The Morgan fingerprint density at radius 2 is 1.37 bits per heavy atom. The van der Waals surface area contributed by atoms with E-state index < -0.39 is 5.60 Å². The maximum atomic E-state index is 11.8. The Hall–Kier alpha value is -1.46. The Morgan fingerprint density at radius 3 is 1.74 bits per heavy atom. The maximum Gasteiger partial charge on any atom is 0.410 e. The Balaban J connectivity index is 2.40. The maximum absolute atomic E-state index is 11.8. The minimum Gasteiger partial charge on any atom is -0.447 e. The highest BCUT2D eigenvalue weighted by Crippen LogP contribution is 2.12. The van der Waals surface area contributed by atoms with Gasteiger partial charge in [0.2, 0.25) is 0 Å². The van der Waals surface area contributed by atoms with E-state index in [1.807, 2.05) is 34.6 Å². The number of rotatable bonds is 1. The zero-order valence-electron chi connectivity index (χ0n) is 12.4. The van der Waals surface area contributed by atoms with E-state index in [4.69, 9.17) is 9.47 Å². The first kappa shape index (κ1) is 15.6. The van der Waals surface area contributed by atoms with Crippen molar-refractivity contribution < 1.29 is 19.1 Å². The van der Waals surface area contributed by atoms with Crippen LogP contribution in [0.3, 0.4) is 0 Å². The van der Waals surface area contributed by atoms with Gasteiger partial charge in [-0.25, -0.2) is 9.59 Å². The van der Waals surface area contributed by atoms with Crippen LogP contribution in [0.1, 0.15) is 34.6 Å². The smallest absolute Gasteiger partial charge is 0.410 e. The SMILES string of the molecule is CC(C)OC(=O)N1CCN(C(=O)OC(C)(C)C)CC1. The van der Waals surface area contributed by atoms with Gasteiger partial charge >= 0.3 is 12.2 Å². The van der Waals surface area contributed by atoms with E-state index in [1.165, 1.54) is 0 Å². The van der Waals surface area contributed by atoms with Crippen molar-refractivity contribution in [3.8, 4) is 0 Å². The van der Waals surface area contributed by atoms with Crippen molar-refractivity contribution in [2.24, 2.45) is 0 Å². The lowest BCUT2D eigenvalue weighted by Crippen LogP contribution is -2.52. The second kappa shape index (κ2) is 6.12. The van der Waals surface area contributed by atoms with Gasteiger partial charge < -0.3 is 19.3 Å². The van der Waals surface area contributed by atoms with Crippen LogP contribution >= 0.6 is 0 Å². The van der Waals surface area contributed by atoms with Gasteiger partial charge in [0.15, 0.2) is 0 Å². The molecule has 6 heteroatoms. The predicted molar refractivity (Wildman–Crippen MR) is 71.0 cm³/mol. The quantitative estimate of drug-likeness (QED) is 0.733. The van der Waals surface area contributed by atoms with Gasteiger partial charge in [-0.2, -0.15) is 0 Å². The fourth-order valence-electron chi connectivity index (χ4n) is 1.67.